The molecule has 0 aliphatic heterocycles. The number of carbonyl (C=O) groups excluding carboxylic acids is 1. The number of nitrogens with two attached hydrogens (primary N) is 1. The van der Waals surface area contributed by atoms with Gasteiger partial charge >= 0.3 is 0 Å². The highest BCUT2D eigenvalue weighted by Crippen LogP contribution is 2.19. The van der Waals surface area contributed by atoms with Gasteiger partial charge in [-0.1, -0.05) is 35.9 Å². The molecule has 2 aromatic rings. The van der Waals surface area contributed by atoms with E-state index in [1.54, 1.807) is 18.2 Å². The maximum absolute atomic E-state index is 12.1. The molecule has 0 saturated heterocycles. The van der Waals surface area contributed by atoms with Crippen LogP contribution in [0.5, 0.6) is 0 Å². The molecule has 2 aromatic carbocycles. The van der Waals surface area contributed by atoms with Crippen LogP contribution in [-0.2, 0) is 4.79 Å². The number of nitrogens with zero attached hydrogens (tertiary/aromatic N) is 1. The molecule has 1 unspecified atom stereocenters. The van der Waals surface area contributed by atoms with Crippen molar-refractivity contribution in [1.29, 1.82) is 0 Å². The van der Waals surface area contributed by atoms with Crippen LogP contribution in [0.1, 0.15) is 17.2 Å². The van der Waals surface area contributed by atoms with Crippen LogP contribution in [0, 0.1) is 17.0 Å². The lowest BCUT2D eigenvalue weighted by molar-refractivity contribution is -0.384. The summed E-state index contributed by atoms with van der Waals surface area (Å²) in [5.41, 5.74) is 7.90. The Morgan fingerprint density at radius 3 is 2.52 bits per heavy atom. The van der Waals surface area contributed by atoms with Crippen LogP contribution in [0.2, 0.25) is 0 Å². The van der Waals surface area contributed by atoms with Gasteiger partial charge in [-0.05, 0) is 18.6 Å². The van der Waals surface area contributed by atoms with E-state index >= 15 is 0 Å². The molecule has 0 heterocycles. The van der Waals surface area contributed by atoms with E-state index < -0.39 is 16.9 Å². The molecule has 0 saturated carbocycles. The maximum atomic E-state index is 12.1. The number of non-ortho nitro benzene ring substituents is 1. The number of rotatable bonds is 4. The minimum absolute atomic E-state index is 0.0864. The first kappa shape index (κ1) is 14.7. The lowest BCUT2D eigenvalue weighted by Crippen LogP contribution is -2.27. The van der Waals surface area contributed by atoms with E-state index in [9.17, 15) is 14.9 Å². The lowest BCUT2D eigenvalue weighted by atomic mass is 10.1. The predicted molar refractivity (Wildman–Crippen MR) is 79.8 cm³/mol. The Bertz CT molecular complexity index is 668. The fourth-order valence-electron chi connectivity index (χ4n) is 1.84. The maximum Gasteiger partial charge on any atom is 0.271 e. The highest BCUT2D eigenvalue weighted by Gasteiger charge is 2.16. The third kappa shape index (κ3) is 3.64. The SMILES string of the molecule is Cc1ccc(C(N)C(=O)Nc2cccc([N+](=O)[O-])c2)cc1. The van der Waals surface area contributed by atoms with Crippen LogP contribution in [-0.4, -0.2) is 10.8 Å². The third-order valence-electron chi connectivity index (χ3n) is 3.04. The van der Waals surface area contributed by atoms with Crippen molar-refractivity contribution in [3.05, 3.63) is 69.8 Å². The minimum Gasteiger partial charge on any atom is -0.324 e. The number of hydrogen-bond acceptors (Lipinski definition) is 4. The first-order valence-electron chi connectivity index (χ1n) is 6.35. The van der Waals surface area contributed by atoms with Gasteiger partial charge in [-0.2, -0.15) is 0 Å². The lowest BCUT2D eigenvalue weighted by Gasteiger charge is -2.12. The summed E-state index contributed by atoms with van der Waals surface area (Å²) in [6.45, 7) is 1.94. The van der Waals surface area contributed by atoms with Crippen LogP contribution in [0.3, 0.4) is 0 Å². The highest BCUT2D eigenvalue weighted by atomic mass is 16.6. The van der Waals surface area contributed by atoms with Gasteiger partial charge in [0.25, 0.3) is 5.69 Å². The minimum atomic E-state index is -0.829. The summed E-state index contributed by atoms with van der Waals surface area (Å²) in [6, 6.07) is 12.2. The number of nitrogens with one attached hydrogen (secondary N) is 1. The second-order valence-corrected chi connectivity index (χ2v) is 4.69. The zero-order valence-corrected chi connectivity index (χ0v) is 11.4. The molecule has 6 heteroatoms. The van der Waals surface area contributed by atoms with Gasteiger partial charge in [0.15, 0.2) is 0 Å². The normalized spacial score (nSPS) is 11.7. The largest absolute Gasteiger partial charge is 0.324 e. The summed E-state index contributed by atoms with van der Waals surface area (Å²) >= 11 is 0. The molecular formula is C15H15N3O3. The zero-order chi connectivity index (χ0) is 15.4. The Morgan fingerprint density at radius 1 is 1.24 bits per heavy atom. The van der Waals surface area contributed by atoms with Crippen LogP contribution >= 0.6 is 0 Å². The van der Waals surface area contributed by atoms with E-state index in [2.05, 4.69) is 5.32 Å². The fourth-order valence-corrected chi connectivity index (χ4v) is 1.84. The number of anilines is 1. The first-order chi connectivity index (χ1) is 9.97. The number of nitro benzene ring substituents is 1. The van der Waals surface area contributed by atoms with E-state index in [0.717, 1.165) is 5.56 Å². The third-order valence-corrected chi connectivity index (χ3v) is 3.04. The van der Waals surface area contributed by atoms with E-state index in [1.165, 1.54) is 18.2 Å². The average molecular weight is 285 g/mol. The van der Waals surface area contributed by atoms with Crippen molar-refractivity contribution in [1.82, 2.24) is 0 Å². The number of benzene rings is 2. The van der Waals surface area contributed by atoms with Gasteiger partial charge < -0.3 is 11.1 Å². The Morgan fingerprint density at radius 2 is 1.90 bits per heavy atom. The molecule has 0 aliphatic carbocycles. The summed E-state index contributed by atoms with van der Waals surface area (Å²) in [4.78, 5) is 22.2. The van der Waals surface area contributed by atoms with Crippen molar-refractivity contribution in [2.45, 2.75) is 13.0 Å². The monoisotopic (exact) mass is 285 g/mol. The molecule has 1 atom stereocenters. The van der Waals surface area contributed by atoms with Gasteiger partial charge in [-0.25, -0.2) is 0 Å². The van der Waals surface area contributed by atoms with Crippen molar-refractivity contribution in [2.24, 2.45) is 5.73 Å². The second-order valence-electron chi connectivity index (χ2n) is 4.69. The second kappa shape index (κ2) is 6.15. The summed E-state index contributed by atoms with van der Waals surface area (Å²) in [7, 11) is 0. The number of amides is 1. The Hall–Kier alpha value is -2.73. The Labute approximate surface area is 121 Å². The Balaban J connectivity index is 2.12. The summed E-state index contributed by atoms with van der Waals surface area (Å²) < 4.78 is 0. The molecule has 0 bridgehead atoms. The van der Waals surface area contributed by atoms with Crippen molar-refractivity contribution in [2.75, 3.05) is 5.32 Å². The van der Waals surface area contributed by atoms with Crippen molar-refractivity contribution >= 4 is 17.3 Å². The summed E-state index contributed by atoms with van der Waals surface area (Å²) in [5, 5.41) is 13.3. The van der Waals surface area contributed by atoms with Crippen LogP contribution < -0.4 is 11.1 Å². The molecule has 0 radical (unpaired) electrons. The van der Waals surface area contributed by atoms with Crippen LogP contribution in [0.25, 0.3) is 0 Å². The van der Waals surface area contributed by atoms with Crippen molar-refractivity contribution in [3.8, 4) is 0 Å². The zero-order valence-electron chi connectivity index (χ0n) is 11.4. The molecule has 1 amide bonds. The molecule has 3 N–H and O–H groups in total. The highest BCUT2D eigenvalue weighted by molar-refractivity contribution is 5.95. The van der Waals surface area contributed by atoms with E-state index in [1.807, 2.05) is 19.1 Å². The quantitative estimate of drug-likeness (QED) is 0.666. The number of hydrogen-bond donors (Lipinski definition) is 2. The topological polar surface area (TPSA) is 98.3 Å². The van der Waals surface area contributed by atoms with Crippen LogP contribution in [0.4, 0.5) is 11.4 Å². The number of nitro groups is 1. The fraction of sp³-hybridized carbons (Fsp3) is 0.133. The number of carbonyl (C=O) groups is 1. The van der Waals surface area contributed by atoms with Crippen molar-refractivity contribution < 1.29 is 9.72 Å². The van der Waals surface area contributed by atoms with Crippen molar-refractivity contribution in [3.63, 3.8) is 0 Å². The number of aryl methyl sites for hydroxylation is 1. The Kier molecular flexibility index (Phi) is 4.30. The molecular weight excluding hydrogens is 270 g/mol. The summed E-state index contributed by atoms with van der Waals surface area (Å²) in [6.07, 6.45) is 0. The van der Waals surface area contributed by atoms with Gasteiger partial charge in [-0.15, -0.1) is 0 Å². The standard InChI is InChI=1S/C15H15N3O3/c1-10-5-7-11(8-6-10)14(16)15(19)17-12-3-2-4-13(9-12)18(20)21/h2-9,14H,16H2,1H3,(H,17,19). The first-order valence-corrected chi connectivity index (χ1v) is 6.35. The summed E-state index contributed by atoms with van der Waals surface area (Å²) in [5.74, 6) is -0.417. The van der Waals surface area contributed by atoms with Gasteiger partial charge in [0.05, 0.1) is 4.92 Å². The molecule has 6 nitrogen and oxygen atoms in total. The van der Waals surface area contributed by atoms with E-state index in [-0.39, 0.29) is 5.69 Å². The predicted octanol–water partition coefficient (Wildman–Crippen LogP) is 2.54. The average Bonchev–Trinajstić information content (AvgIpc) is 2.47. The molecule has 0 aromatic heterocycles. The van der Waals surface area contributed by atoms with Gasteiger partial charge in [-0.3, -0.25) is 14.9 Å². The van der Waals surface area contributed by atoms with Crippen LogP contribution in [0.15, 0.2) is 48.5 Å². The van der Waals surface area contributed by atoms with E-state index in [4.69, 9.17) is 5.73 Å². The van der Waals surface area contributed by atoms with Gasteiger partial charge in [0, 0.05) is 17.8 Å². The molecule has 108 valence electrons. The molecule has 0 aliphatic rings. The van der Waals surface area contributed by atoms with E-state index in [0.29, 0.717) is 11.3 Å². The van der Waals surface area contributed by atoms with Gasteiger partial charge in [0.1, 0.15) is 6.04 Å². The smallest absolute Gasteiger partial charge is 0.271 e. The molecule has 21 heavy (non-hydrogen) atoms. The van der Waals surface area contributed by atoms with Gasteiger partial charge in [0.2, 0.25) is 5.91 Å². The molecule has 2 rings (SSSR count). The molecule has 0 spiro atoms. The molecule has 0 fully saturated rings.